The van der Waals surface area contributed by atoms with E-state index in [1.807, 2.05) is 18.2 Å². The summed E-state index contributed by atoms with van der Waals surface area (Å²) in [7, 11) is 0. The zero-order chi connectivity index (χ0) is 13.7. The van der Waals surface area contributed by atoms with Gasteiger partial charge in [0.15, 0.2) is 0 Å². The van der Waals surface area contributed by atoms with E-state index in [0.29, 0.717) is 13.0 Å². The van der Waals surface area contributed by atoms with Crippen LogP contribution in [0.3, 0.4) is 0 Å². The highest BCUT2D eigenvalue weighted by Gasteiger charge is 2.10. The van der Waals surface area contributed by atoms with Crippen molar-refractivity contribution in [2.45, 2.75) is 6.42 Å². The number of nitrogens with zero attached hydrogens (tertiary/aromatic N) is 1. The minimum atomic E-state index is -0.291. The van der Waals surface area contributed by atoms with Crippen LogP contribution in [-0.2, 0) is 6.42 Å². The van der Waals surface area contributed by atoms with Gasteiger partial charge in [-0.25, -0.2) is 0 Å². The molecule has 98 valence electrons. The third kappa shape index (κ3) is 3.79. The summed E-state index contributed by atoms with van der Waals surface area (Å²) in [5, 5.41) is 12.4. The zero-order valence-corrected chi connectivity index (χ0v) is 11.7. The number of benzene rings is 1. The van der Waals surface area contributed by atoms with Gasteiger partial charge in [-0.15, -0.1) is 0 Å². The Morgan fingerprint density at radius 2 is 2.16 bits per heavy atom. The van der Waals surface area contributed by atoms with E-state index in [-0.39, 0.29) is 17.2 Å². The molecule has 19 heavy (non-hydrogen) atoms. The van der Waals surface area contributed by atoms with Gasteiger partial charge in [-0.05, 0) is 30.3 Å². The van der Waals surface area contributed by atoms with Crippen LogP contribution in [0.25, 0.3) is 0 Å². The predicted octanol–water partition coefficient (Wildman–Crippen LogP) is 2.52. The summed E-state index contributed by atoms with van der Waals surface area (Å²) < 4.78 is 0.732. The van der Waals surface area contributed by atoms with Gasteiger partial charge in [0.1, 0.15) is 5.75 Å². The van der Waals surface area contributed by atoms with E-state index in [2.05, 4.69) is 26.2 Å². The number of amides is 1. The molecule has 2 aromatic rings. The Kier molecular flexibility index (Phi) is 4.52. The molecule has 4 nitrogen and oxygen atoms in total. The first-order chi connectivity index (χ1) is 9.16. The Labute approximate surface area is 119 Å². The molecule has 0 unspecified atom stereocenters. The lowest BCUT2D eigenvalue weighted by molar-refractivity contribution is 0.0951. The number of carbonyl (C=O) groups is 1. The first-order valence-electron chi connectivity index (χ1n) is 5.83. The standard InChI is InChI=1S/C14H13BrN2O2/c15-10-4-5-12(13(18)9-10)14(19)17-8-6-11-3-1-2-7-16-11/h1-5,7,9,18H,6,8H2,(H,17,19). The third-order valence-corrected chi connectivity index (χ3v) is 3.09. The van der Waals surface area contributed by atoms with E-state index >= 15 is 0 Å². The second kappa shape index (κ2) is 6.33. The molecule has 5 heteroatoms. The molecule has 0 saturated heterocycles. The maximum Gasteiger partial charge on any atom is 0.255 e. The maximum absolute atomic E-state index is 11.9. The van der Waals surface area contributed by atoms with Crippen molar-refractivity contribution in [3.05, 3.63) is 58.3 Å². The molecule has 0 aliphatic heterocycles. The summed E-state index contributed by atoms with van der Waals surface area (Å²) in [4.78, 5) is 16.0. The Morgan fingerprint density at radius 1 is 1.32 bits per heavy atom. The molecule has 0 radical (unpaired) electrons. The number of aromatic hydroxyl groups is 1. The highest BCUT2D eigenvalue weighted by atomic mass is 79.9. The number of hydrogen-bond donors (Lipinski definition) is 2. The summed E-state index contributed by atoms with van der Waals surface area (Å²) in [5.74, 6) is -0.328. The first kappa shape index (κ1) is 13.5. The van der Waals surface area contributed by atoms with E-state index in [0.717, 1.165) is 10.2 Å². The maximum atomic E-state index is 11.9. The average molecular weight is 321 g/mol. The number of carbonyl (C=O) groups excluding carboxylic acids is 1. The van der Waals surface area contributed by atoms with Crippen LogP contribution in [0.2, 0.25) is 0 Å². The number of pyridine rings is 1. The van der Waals surface area contributed by atoms with Crippen molar-refractivity contribution >= 4 is 21.8 Å². The monoisotopic (exact) mass is 320 g/mol. The highest BCUT2D eigenvalue weighted by molar-refractivity contribution is 9.10. The Bertz CT molecular complexity index is 573. The Balaban J connectivity index is 1.91. The molecule has 1 aromatic heterocycles. The fourth-order valence-corrected chi connectivity index (χ4v) is 1.99. The van der Waals surface area contributed by atoms with Crippen LogP contribution < -0.4 is 5.32 Å². The van der Waals surface area contributed by atoms with Crippen LogP contribution in [0, 0.1) is 0 Å². The smallest absolute Gasteiger partial charge is 0.255 e. The molecule has 0 aliphatic rings. The quantitative estimate of drug-likeness (QED) is 0.910. The number of hydrogen-bond acceptors (Lipinski definition) is 3. The molecule has 1 heterocycles. The lowest BCUT2D eigenvalue weighted by Crippen LogP contribution is -2.25. The summed E-state index contributed by atoms with van der Waals surface area (Å²) >= 11 is 3.23. The molecule has 1 amide bonds. The van der Waals surface area contributed by atoms with Gasteiger partial charge in [-0.1, -0.05) is 22.0 Å². The molecule has 0 saturated carbocycles. The number of halogens is 1. The van der Waals surface area contributed by atoms with Gasteiger partial charge in [0.05, 0.1) is 5.56 Å². The number of phenols is 1. The molecule has 0 fully saturated rings. The number of rotatable bonds is 4. The number of phenolic OH excluding ortho intramolecular Hbond substituents is 1. The van der Waals surface area contributed by atoms with E-state index in [1.165, 1.54) is 6.07 Å². The minimum Gasteiger partial charge on any atom is -0.507 e. The highest BCUT2D eigenvalue weighted by Crippen LogP contribution is 2.21. The SMILES string of the molecule is O=C(NCCc1ccccn1)c1ccc(Br)cc1O. The van der Waals surface area contributed by atoms with Gasteiger partial charge in [-0.2, -0.15) is 0 Å². The van der Waals surface area contributed by atoms with Gasteiger partial charge in [0.2, 0.25) is 0 Å². The fourth-order valence-electron chi connectivity index (χ4n) is 1.64. The van der Waals surface area contributed by atoms with Crippen LogP contribution in [0.5, 0.6) is 5.75 Å². The van der Waals surface area contributed by atoms with Gasteiger partial charge in [-0.3, -0.25) is 9.78 Å². The van der Waals surface area contributed by atoms with Crippen molar-refractivity contribution in [3.8, 4) is 5.75 Å². The molecule has 2 N–H and O–H groups in total. The molecule has 0 spiro atoms. The van der Waals surface area contributed by atoms with Crippen LogP contribution in [0.15, 0.2) is 47.1 Å². The second-order valence-corrected chi connectivity index (χ2v) is 4.90. The van der Waals surface area contributed by atoms with E-state index < -0.39 is 0 Å². The fraction of sp³-hybridized carbons (Fsp3) is 0.143. The van der Waals surface area contributed by atoms with Gasteiger partial charge >= 0.3 is 0 Å². The zero-order valence-electron chi connectivity index (χ0n) is 10.1. The second-order valence-electron chi connectivity index (χ2n) is 3.99. The summed E-state index contributed by atoms with van der Waals surface area (Å²) in [6, 6.07) is 10.5. The number of nitrogens with one attached hydrogen (secondary N) is 1. The van der Waals surface area contributed by atoms with Crippen molar-refractivity contribution in [1.29, 1.82) is 0 Å². The van der Waals surface area contributed by atoms with Gasteiger partial charge in [0, 0.05) is 29.3 Å². The largest absolute Gasteiger partial charge is 0.507 e. The van der Waals surface area contributed by atoms with E-state index in [1.54, 1.807) is 18.3 Å². The topological polar surface area (TPSA) is 62.2 Å². The predicted molar refractivity (Wildman–Crippen MR) is 76.1 cm³/mol. The molecule has 1 aromatic carbocycles. The number of aromatic nitrogens is 1. The molecular formula is C14H13BrN2O2. The van der Waals surface area contributed by atoms with Crippen molar-refractivity contribution in [1.82, 2.24) is 10.3 Å². The molecular weight excluding hydrogens is 308 g/mol. The van der Waals surface area contributed by atoms with E-state index in [9.17, 15) is 9.90 Å². The summed E-state index contributed by atoms with van der Waals surface area (Å²) in [5.41, 5.74) is 1.19. The van der Waals surface area contributed by atoms with Crippen molar-refractivity contribution in [2.24, 2.45) is 0 Å². The summed E-state index contributed by atoms with van der Waals surface area (Å²) in [6.07, 6.45) is 2.38. The van der Waals surface area contributed by atoms with Crippen molar-refractivity contribution < 1.29 is 9.90 Å². The van der Waals surface area contributed by atoms with Crippen molar-refractivity contribution in [3.63, 3.8) is 0 Å². The third-order valence-electron chi connectivity index (χ3n) is 2.60. The Morgan fingerprint density at radius 3 is 2.84 bits per heavy atom. The normalized spacial score (nSPS) is 10.2. The minimum absolute atomic E-state index is 0.0373. The van der Waals surface area contributed by atoms with Crippen LogP contribution in [0.1, 0.15) is 16.1 Å². The molecule has 0 aliphatic carbocycles. The van der Waals surface area contributed by atoms with Crippen LogP contribution >= 0.6 is 15.9 Å². The van der Waals surface area contributed by atoms with Crippen LogP contribution in [-0.4, -0.2) is 22.5 Å². The van der Waals surface area contributed by atoms with Gasteiger partial charge < -0.3 is 10.4 Å². The van der Waals surface area contributed by atoms with Gasteiger partial charge in [0.25, 0.3) is 5.91 Å². The average Bonchev–Trinajstić information content (AvgIpc) is 2.39. The van der Waals surface area contributed by atoms with E-state index in [4.69, 9.17) is 0 Å². The lowest BCUT2D eigenvalue weighted by Gasteiger charge is -2.07. The lowest BCUT2D eigenvalue weighted by atomic mass is 10.2. The Hall–Kier alpha value is -1.88. The molecule has 0 bridgehead atoms. The summed E-state index contributed by atoms with van der Waals surface area (Å²) in [6.45, 7) is 0.478. The van der Waals surface area contributed by atoms with Crippen molar-refractivity contribution in [2.75, 3.05) is 6.54 Å². The molecule has 0 atom stereocenters. The van der Waals surface area contributed by atoms with Crippen LogP contribution in [0.4, 0.5) is 0 Å². The molecule has 2 rings (SSSR count). The first-order valence-corrected chi connectivity index (χ1v) is 6.63.